The Bertz CT molecular complexity index is 1060. The van der Waals surface area contributed by atoms with Crippen LogP contribution in [0, 0.1) is 6.07 Å². The van der Waals surface area contributed by atoms with E-state index in [4.69, 9.17) is 15.2 Å². The van der Waals surface area contributed by atoms with Gasteiger partial charge in [-0.25, -0.2) is 0 Å². The van der Waals surface area contributed by atoms with E-state index in [2.05, 4.69) is 70.2 Å². The number of hydrogen-bond donors (Lipinski definition) is 1. The molecule has 0 spiro atoms. The number of benzene rings is 3. The molecule has 0 atom stereocenters. The molecule has 0 amide bonds. The summed E-state index contributed by atoms with van der Waals surface area (Å²) >= 11 is 2.22. The molecule has 0 aliphatic heterocycles. The van der Waals surface area contributed by atoms with Crippen LogP contribution in [-0.4, -0.2) is 32.1 Å². The minimum absolute atomic E-state index is 0.182. The third kappa shape index (κ3) is 9.31. The number of hydrogen-bond acceptors (Lipinski definition) is 3. The Balaban J connectivity index is 0.000000339. The van der Waals surface area contributed by atoms with E-state index in [0.29, 0.717) is 6.54 Å². The van der Waals surface area contributed by atoms with Crippen molar-refractivity contribution in [3.8, 4) is 22.6 Å². The summed E-state index contributed by atoms with van der Waals surface area (Å²) in [5.41, 5.74) is 10.8. The number of nitrogens with two attached hydrogens (primary N) is 1. The Morgan fingerprint density at radius 3 is 1.82 bits per heavy atom. The van der Waals surface area contributed by atoms with Gasteiger partial charge in [-0.05, 0) is 73.0 Å². The molecule has 0 aromatic heterocycles. The van der Waals surface area contributed by atoms with Gasteiger partial charge in [0.05, 0.1) is 19.8 Å². The quantitative estimate of drug-likeness (QED) is 0.148. The molecule has 3 aromatic carbocycles. The zero-order valence-electron chi connectivity index (χ0n) is 24.0. The fraction of sp³-hybridized carbons (Fsp3) is 0.471. The van der Waals surface area contributed by atoms with Crippen molar-refractivity contribution < 1.29 is 27.7 Å². The number of rotatable bonds is 8. The first-order chi connectivity index (χ1) is 19.8. The van der Waals surface area contributed by atoms with Crippen LogP contribution in [0.15, 0.2) is 66.7 Å². The maximum atomic E-state index is 5.80. The molecule has 0 unspecified atom stereocenters. The molecule has 2 aliphatic carbocycles. The number of ether oxygens (including phenoxy) is 2. The molecule has 0 saturated heterocycles. The molecule has 2 aliphatic rings. The molecule has 2 saturated carbocycles. The van der Waals surface area contributed by atoms with Crippen LogP contribution in [0.2, 0.25) is 0 Å². The monoisotopic (exact) mass is 671 g/mol. The van der Waals surface area contributed by atoms with Gasteiger partial charge in [-0.15, -0.1) is 0 Å². The molecule has 3 aromatic rings. The fourth-order valence-corrected chi connectivity index (χ4v) is 10.1. The average molecular weight is 673 g/mol. The SMILES string of the molecule is COc1cccc(OC)c1-c1ccccc1P(C1CCCCC1)C1CCCCC1.NCCc1[c-]cccc1.[Cl][Pd+]. The van der Waals surface area contributed by atoms with Crippen molar-refractivity contribution in [2.75, 3.05) is 20.8 Å². The Labute approximate surface area is 258 Å². The minimum atomic E-state index is -0.182. The van der Waals surface area contributed by atoms with Gasteiger partial charge in [-0.2, -0.15) is 35.9 Å². The van der Waals surface area contributed by atoms with E-state index >= 15 is 0 Å². The predicted molar refractivity (Wildman–Crippen MR) is 169 cm³/mol. The van der Waals surface area contributed by atoms with E-state index in [1.54, 1.807) is 19.5 Å². The zero-order chi connectivity index (χ0) is 28.6. The summed E-state index contributed by atoms with van der Waals surface area (Å²) in [4.78, 5) is 0. The van der Waals surface area contributed by atoms with Gasteiger partial charge in [0, 0.05) is 0 Å². The van der Waals surface area contributed by atoms with E-state index < -0.39 is 0 Å². The van der Waals surface area contributed by atoms with Gasteiger partial charge in [-0.3, -0.25) is 0 Å². The van der Waals surface area contributed by atoms with Crippen LogP contribution in [0.1, 0.15) is 69.8 Å². The summed E-state index contributed by atoms with van der Waals surface area (Å²) in [7, 11) is 7.85. The molecule has 6 heteroatoms. The normalized spacial score (nSPS) is 15.9. The van der Waals surface area contributed by atoms with E-state index in [9.17, 15) is 0 Å². The van der Waals surface area contributed by atoms with Gasteiger partial charge in [-0.1, -0.05) is 76.8 Å². The number of methoxy groups -OCH3 is 2. The van der Waals surface area contributed by atoms with Crippen molar-refractivity contribution in [1.82, 2.24) is 0 Å². The third-order valence-electron chi connectivity index (χ3n) is 8.00. The van der Waals surface area contributed by atoms with Gasteiger partial charge in [0.15, 0.2) is 0 Å². The van der Waals surface area contributed by atoms with Crippen molar-refractivity contribution in [3.63, 3.8) is 0 Å². The molecule has 40 heavy (non-hydrogen) atoms. The summed E-state index contributed by atoms with van der Waals surface area (Å²) in [5, 5.41) is 1.59. The third-order valence-corrected chi connectivity index (χ3v) is 11.6. The van der Waals surface area contributed by atoms with E-state index in [0.717, 1.165) is 34.8 Å². The van der Waals surface area contributed by atoms with E-state index in [1.807, 2.05) is 30.3 Å². The van der Waals surface area contributed by atoms with Gasteiger partial charge in [0.25, 0.3) is 0 Å². The van der Waals surface area contributed by atoms with Crippen molar-refractivity contribution >= 4 is 22.8 Å². The molecular weight excluding hydrogens is 627 g/mol. The molecule has 2 fully saturated rings. The molecule has 220 valence electrons. The summed E-state index contributed by atoms with van der Waals surface area (Å²) in [5.74, 6) is 1.83. The van der Waals surface area contributed by atoms with Gasteiger partial charge >= 0.3 is 27.7 Å². The van der Waals surface area contributed by atoms with Crippen molar-refractivity contribution in [3.05, 3.63) is 78.4 Å². The van der Waals surface area contributed by atoms with Gasteiger partial charge in [0.1, 0.15) is 11.5 Å². The van der Waals surface area contributed by atoms with Crippen molar-refractivity contribution in [2.24, 2.45) is 5.73 Å². The van der Waals surface area contributed by atoms with Crippen molar-refractivity contribution in [1.29, 1.82) is 0 Å². The fourth-order valence-electron chi connectivity index (χ4n) is 6.18. The Hall–Kier alpha value is -1.40. The van der Waals surface area contributed by atoms with Crippen LogP contribution in [0.4, 0.5) is 0 Å². The van der Waals surface area contributed by atoms with Crippen LogP contribution >= 0.6 is 17.5 Å². The second-order valence-electron chi connectivity index (χ2n) is 10.5. The Morgan fingerprint density at radius 1 is 0.775 bits per heavy atom. The zero-order valence-corrected chi connectivity index (χ0v) is 27.2. The molecule has 3 nitrogen and oxygen atoms in total. The molecule has 0 bridgehead atoms. The summed E-state index contributed by atoms with van der Waals surface area (Å²) in [6, 6.07) is 26.3. The molecular formula is C34H45ClNO2PPd. The second kappa shape index (κ2) is 18.9. The van der Waals surface area contributed by atoms with E-state index in [-0.39, 0.29) is 7.92 Å². The average Bonchev–Trinajstić information content (AvgIpc) is 3.04. The topological polar surface area (TPSA) is 44.5 Å². The molecule has 5 rings (SSSR count). The van der Waals surface area contributed by atoms with Crippen LogP contribution in [0.3, 0.4) is 0 Å². The van der Waals surface area contributed by atoms with Crippen LogP contribution in [-0.2, 0) is 24.6 Å². The molecule has 0 radical (unpaired) electrons. The summed E-state index contributed by atoms with van der Waals surface area (Å²) < 4.78 is 11.6. The standard InChI is InChI=1S/C26H35O2P.C8H10N.ClH.Pd/c1-27-23-17-11-18-24(28-2)26(23)22-16-9-10-19-25(22)29(20-12-5-3-6-13-20)21-14-7-4-8-15-21;9-7-6-8-4-2-1-3-5-8;;/h9-11,16-21H,3-8,12-15H2,1-2H3;1-4H,6-7,9H2;1H;/q;-1;;+2/p-1. The van der Waals surface area contributed by atoms with Crippen LogP contribution < -0.4 is 20.5 Å². The van der Waals surface area contributed by atoms with Crippen LogP contribution in [0.5, 0.6) is 11.5 Å². The summed E-state index contributed by atoms with van der Waals surface area (Å²) in [6.07, 6.45) is 15.1. The first-order valence-corrected chi connectivity index (χ1v) is 18.1. The molecule has 0 heterocycles. The van der Waals surface area contributed by atoms with Crippen molar-refractivity contribution in [2.45, 2.75) is 81.9 Å². The first kappa shape index (κ1) is 33.1. The first-order valence-electron chi connectivity index (χ1n) is 14.6. The van der Waals surface area contributed by atoms with Gasteiger partial charge in [0.2, 0.25) is 0 Å². The molecule has 2 N–H and O–H groups in total. The second-order valence-corrected chi connectivity index (χ2v) is 13.2. The van der Waals surface area contributed by atoms with E-state index in [1.165, 1.54) is 75.3 Å². The maximum absolute atomic E-state index is 5.80. The predicted octanol–water partition coefficient (Wildman–Crippen LogP) is 8.82. The van der Waals surface area contributed by atoms with Gasteiger partial charge < -0.3 is 15.2 Å². The number of halogens is 1. The Morgan fingerprint density at radius 2 is 1.32 bits per heavy atom. The summed E-state index contributed by atoms with van der Waals surface area (Å²) in [6.45, 7) is 0.709. The van der Waals surface area contributed by atoms with Crippen LogP contribution in [0.25, 0.3) is 11.1 Å². The Kier molecular flexibility index (Phi) is 15.7.